The number of benzene rings is 1. The van der Waals surface area contributed by atoms with E-state index in [1.165, 1.54) is 5.56 Å². The number of hydrogen-bond acceptors (Lipinski definition) is 3. The summed E-state index contributed by atoms with van der Waals surface area (Å²) in [6, 6.07) is 6.39. The number of hydrogen-bond donors (Lipinski definition) is 0. The lowest BCUT2D eigenvalue weighted by Crippen LogP contribution is -2.00. The summed E-state index contributed by atoms with van der Waals surface area (Å²) >= 11 is 0. The van der Waals surface area contributed by atoms with Crippen molar-refractivity contribution in [2.75, 3.05) is 0 Å². The van der Waals surface area contributed by atoms with Crippen LogP contribution in [0.3, 0.4) is 0 Å². The highest BCUT2D eigenvalue weighted by molar-refractivity contribution is 5.38. The summed E-state index contributed by atoms with van der Waals surface area (Å²) in [5.74, 6) is 2.27. The number of aromatic nitrogens is 1. The Labute approximate surface area is 114 Å². The largest absolute Gasteiger partial charge is 0.488 e. The molecule has 1 heterocycles. The van der Waals surface area contributed by atoms with Crippen LogP contribution in [0.15, 0.2) is 22.7 Å². The molecule has 1 aromatic carbocycles. The van der Waals surface area contributed by atoms with Gasteiger partial charge in [0, 0.05) is 0 Å². The first-order valence-corrected chi connectivity index (χ1v) is 6.64. The maximum Gasteiger partial charge on any atom is 0.140 e. The summed E-state index contributed by atoms with van der Waals surface area (Å²) in [7, 11) is 0. The number of rotatable bonds is 4. The Kier molecular flexibility index (Phi) is 3.93. The quantitative estimate of drug-likeness (QED) is 0.821. The monoisotopic (exact) mass is 259 g/mol. The molecule has 0 aliphatic carbocycles. The van der Waals surface area contributed by atoms with Crippen LogP contribution in [0.2, 0.25) is 0 Å². The van der Waals surface area contributed by atoms with Gasteiger partial charge in [-0.2, -0.15) is 0 Å². The van der Waals surface area contributed by atoms with E-state index in [-0.39, 0.29) is 0 Å². The van der Waals surface area contributed by atoms with Crippen LogP contribution >= 0.6 is 0 Å². The average Bonchev–Trinajstić information content (AvgIpc) is 2.68. The number of nitrogens with zero attached hydrogens (tertiary/aromatic N) is 1. The number of ether oxygens (including phenoxy) is 1. The maximum atomic E-state index is 5.93. The zero-order valence-electron chi connectivity index (χ0n) is 12.3. The van der Waals surface area contributed by atoms with Gasteiger partial charge in [-0.3, -0.25) is 0 Å². The van der Waals surface area contributed by atoms with E-state index >= 15 is 0 Å². The van der Waals surface area contributed by atoms with Gasteiger partial charge >= 0.3 is 0 Å². The minimum absolute atomic E-state index is 0.502. The molecule has 0 N–H and O–H groups in total. The van der Waals surface area contributed by atoms with Crippen LogP contribution in [0.25, 0.3) is 0 Å². The van der Waals surface area contributed by atoms with Gasteiger partial charge in [0.05, 0.1) is 11.3 Å². The Bertz CT molecular complexity index is 551. The van der Waals surface area contributed by atoms with Crippen LogP contribution in [-0.4, -0.2) is 5.16 Å². The molecule has 2 rings (SSSR count). The normalized spacial score (nSPS) is 11.1. The summed E-state index contributed by atoms with van der Waals surface area (Å²) in [6.45, 7) is 10.8. The maximum absolute atomic E-state index is 5.93. The van der Waals surface area contributed by atoms with E-state index < -0.39 is 0 Å². The van der Waals surface area contributed by atoms with E-state index in [2.05, 4.69) is 44.1 Å². The fourth-order valence-corrected chi connectivity index (χ4v) is 1.99. The topological polar surface area (TPSA) is 35.3 Å². The first-order chi connectivity index (χ1) is 8.99. The van der Waals surface area contributed by atoms with Gasteiger partial charge in [0.25, 0.3) is 0 Å². The average molecular weight is 259 g/mol. The molecule has 0 unspecified atom stereocenters. The third kappa shape index (κ3) is 2.98. The second-order valence-electron chi connectivity index (χ2n) is 5.27. The van der Waals surface area contributed by atoms with Crippen molar-refractivity contribution in [1.82, 2.24) is 5.16 Å². The van der Waals surface area contributed by atoms with Crippen molar-refractivity contribution >= 4 is 0 Å². The third-order valence-corrected chi connectivity index (χ3v) is 3.43. The van der Waals surface area contributed by atoms with Gasteiger partial charge in [-0.25, -0.2) is 0 Å². The Morgan fingerprint density at radius 3 is 2.53 bits per heavy atom. The molecule has 0 saturated heterocycles. The molecule has 0 saturated carbocycles. The van der Waals surface area contributed by atoms with Crippen molar-refractivity contribution in [2.45, 2.75) is 47.1 Å². The van der Waals surface area contributed by atoms with Gasteiger partial charge in [0.2, 0.25) is 0 Å². The Hall–Kier alpha value is -1.77. The van der Waals surface area contributed by atoms with Gasteiger partial charge < -0.3 is 9.26 Å². The molecule has 0 atom stereocenters. The molecule has 0 aliphatic heterocycles. The van der Waals surface area contributed by atoms with Crippen molar-refractivity contribution in [3.63, 3.8) is 0 Å². The highest BCUT2D eigenvalue weighted by atomic mass is 16.5. The minimum atomic E-state index is 0.502. The predicted octanol–water partition coefficient (Wildman–Crippen LogP) is 4.30. The van der Waals surface area contributed by atoms with Gasteiger partial charge in [0.15, 0.2) is 0 Å². The molecule has 2 aromatic rings. The molecule has 0 amide bonds. The Balaban J connectivity index is 2.17. The lowest BCUT2D eigenvalue weighted by Gasteiger charge is -2.12. The van der Waals surface area contributed by atoms with E-state index in [9.17, 15) is 0 Å². The van der Waals surface area contributed by atoms with Crippen molar-refractivity contribution in [3.8, 4) is 5.75 Å². The zero-order chi connectivity index (χ0) is 14.0. The minimum Gasteiger partial charge on any atom is -0.488 e. The van der Waals surface area contributed by atoms with E-state index in [0.29, 0.717) is 12.5 Å². The fraction of sp³-hybridized carbons (Fsp3) is 0.438. The van der Waals surface area contributed by atoms with Crippen molar-refractivity contribution in [3.05, 3.63) is 46.3 Å². The first kappa shape index (κ1) is 13.7. The highest BCUT2D eigenvalue weighted by Crippen LogP contribution is 2.25. The Morgan fingerprint density at radius 2 is 1.95 bits per heavy atom. The summed E-state index contributed by atoms with van der Waals surface area (Å²) in [5, 5.41) is 3.94. The first-order valence-electron chi connectivity index (χ1n) is 6.64. The molecule has 0 radical (unpaired) electrons. The van der Waals surface area contributed by atoms with Crippen molar-refractivity contribution in [1.29, 1.82) is 0 Å². The van der Waals surface area contributed by atoms with Crippen LogP contribution in [-0.2, 0) is 6.61 Å². The molecule has 102 valence electrons. The van der Waals surface area contributed by atoms with Crippen LogP contribution in [0.1, 0.15) is 47.9 Å². The molecule has 0 aliphatic rings. The second-order valence-corrected chi connectivity index (χ2v) is 5.27. The molecule has 1 aromatic heterocycles. The Morgan fingerprint density at radius 1 is 1.21 bits per heavy atom. The second kappa shape index (κ2) is 5.47. The van der Waals surface area contributed by atoms with Crippen LogP contribution in [0, 0.1) is 20.8 Å². The van der Waals surface area contributed by atoms with Crippen molar-refractivity contribution in [2.24, 2.45) is 0 Å². The molecular weight excluding hydrogens is 238 g/mol. The van der Waals surface area contributed by atoms with Gasteiger partial charge in [-0.15, -0.1) is 0 Å². The molecule has 0 bridgehead atoms. The zero-order valence-corrected chi connectivity index (χ0v) is 12.3. The van der Waals surface area contributed by atoms with Crippen LogP contribution in [0.5, 0.6) is 5.75 Å². The SMILES string of the molecule is Cc1ccc(C(C)C)cc1OCc1c(C)noc1C. The lowest BCUT2D eigenvalue weighted by atomic mass is 10.0. The van der Waals surface area contributed by atoms with Gasteiger partial charge in [-0.1, -0.05) is 31.1 Å². The van der Waals surface area contributed by atoms with E-state index in [1.807, 2.05) is 13.8 Å². The highest BCUT2D eigenvalue weighted by Gasteiger charge is 2.11. The standard InChI is InChI=1S/C16H21NO2/c1-10(2)14-7-6-11(3)16(8-14)18-9-15-12(4)17-19-13(15)5/h6-8,10H,9H2,1-5H3. The van der Waals surface area contributed by atoms with E-state index in [4.69, 9.17) is 9.26 Å². The summed E-state index contributed by atoms with van der Waals surface area (Å²) in [5.41, 5.74) is 4.38. The van der Waals surface area contributed by atoms with Crippen LogP contribution in [0.4, 0.5) is 0 Å². The summed E-state index contributed by atoms with van der Waals surface area (Å²) in [4.78, 5) is 0. The summed E-state index contributed by atoms with van der Waals surface area (Å²) < 4.78 is 11.1. The smallest absolute Gasteiger partial charge is 0.140 e. The molecule has 19 heavy (non-hydrogen) atoms. The fourth-order valence-electron chi connectivity index (χ4n) is 1.99. The van der Waals surface area contributed by atoms with Gasteiger partial charge in [-0.05, 0) is 43.9 Å². The lowest BCUT2D eigenvalue weighted by molar-refractivity contribution is 0.299. The van der Waals surface area contributed by atoms with E-state index in [1.54, 1.807) is 0 Å². The molecular formula is C16H21NO2. The van der Waals surface area contributed by atoms with Crippen LogP contribution < -0.4 is 4.74 Å². The number of aryl methyl sites for hydroxylation is 3. The molecule has 3 heteroatoms. The molecule has 0 fully saturated rings. The molecule has 0 spiro atoms. The summed E-state index contributed by atoms with van der Waals surface area (Å²) in [6.07, 6.45) is 0. The third-order valence-electron chi connectivity index (χ3n) is 3.43. The van der Waals surface area contributed by atoms with Crippen molar-refractivity contribution < 1.29 is 9.26 Å². The van der Waals surface area contributed by atoms with Gasteiger partial charge in [0.1, 0.15) is 18.1 Å². The molecule has 3 nitrogen and oxygen atoms in total. The predicted molar refractivity (Wildman–Crippen MR) is 75.6 cm³/mol. The van der Waals surface area contributed by atoms with E-state index in [0.717, 1.165) is 28.3 Å².